The van der Waals surface area contributed by atoms with Gasteiger partial charge in [0.2, 0.25) is 0 Å². The third-order valence-electron chi connectivity index (χ3n) is 19.4. The second kappa shape index (κ2) is 44.3. The summed E-state index contributed by atoms with van der Waals surface area (Å²) >= 11 is 0. The number of unbranched alkanes of at least 4 members (excludes halogenated alkanes) is 25. The molecule has 0 fully saturated rings. The van der Waals surface area contributed by atoms with Crippen molar-refractivity contribution in [1.82, 2.24) is 27.9 Å². The molecule has 109 heavy (non-hydrogen) atoms. The van der Waals surface area contributed by atoms with E-state index in [-0.39, 0.29) is 70.3 Å². The lowest BCUT2D eigenvalue weighted by atomic mass is 10.0. The summed E-state index contributed by atoms with van der Waals surface area (Å²) in [6, 6.07) is 31.3. The van der Waals surface area contributed by atoms with Crippen LogP contribution in [0.2, 0.25) is 0 Å². The highest BCUT2D eigenvalue weighted by Crippen LogP contribution is 2.39. The average molecular weight is 1540 g/mol. The Morgan fingerprint density at radius 1 is 0.440 bits per heavy atom. The van der Waals surface area contributed by atoms with E-state index >= 15 is 0 Å². The molecule has 0 spiro atoms. The molecule has 2 amide bonds. The first-order valence-corrected chi connectivity index (χ1v) is 42.4. The van der Waals surface area contributed by atoms with Gasteiger partial charge in [-0.25, -0.2) is 46.1 Å². The van der Waals surface area contributed by atoms with Crippen LogP contribution in [0.1, 0.15) is 257 Å². The molecule has 4 N–H and O–H groups in total. The summed E-state index contributed by atoms with van der Waals surface area (Å²) in [5.74, 6) is -2.36. The standard InChI is InChI=1S/C47H63N5O7S.C37H51N5O6S/c1-5-6-7-8-9-10-11-12-13-14-15-16-17-22-31-59-42-26-20-18-24-38(42)49-46(53)44(52-37(4)34-40(50-52)47(54)55)45-48-39-25-19-21-27-43(39)60(56,57)51(45)30-23-32-58-41-29-28-35(2)33-36(41)3;1-3-5-7-9-10-11-12-13-14-19-25-42-35(39-30-22-16-18-24-33(30)49(42,46)47)34(41-27-31(37(44)45)38-28-41)36(43)40-29-21-15-17-23-32(29)48-26-20-8-6-4-2/h18-21,24-29,33-34,44H,5-17,22-23,30-32H2,1-4H3,(H,49,53)(H,54,55);15-18,21-24,27-28,34H,3-14,19-20,25-26H2,1-2H3,(H,40,43)(H,44,45). The van der Waals surface area contributed by atoms with Gasteiger partial charge in [-0.1, -0.05) is 248 Å². The number of nitrogens with one attached hydrogen (secondary N) is 2. The monoisotopic (exact) mass is 1530 g/mol. The van der Waals surface area contributed by atoms with Crippen LogP contribution in [0.3, 0.4) is 0 Å². The average Bonchev–Trinajstić information content (AvgIpc) is 1.57. The van der Waals surface area contributed by atoms with E-state index in [0.717, 1.165) is 86.1 Å². The van der Waals surface area contributed by atoms with E-state index in [1.165, 1.54) is 147 Å². The third kappa shape index (κ3) is 25.1. The zero-order valence-corrected chi connectivity index (χ0v) is 66.3. The molecular formula is C84H114N10O13S2. The minimum absolute atomic E-state index is 0.00568. The fraction of sp³-hybridized carbons (Fsp3) is 0.500. The van der Waals surface area contributed by atoms with E-state index in [9.17, 15) is 46.2 Å². The molecule has 0 saturated carbocycles. The van der Waals surface area contributed by atoms with Gasteiger partial charge in [-0.15, -0.1) is 0 Å². The van der Waals surface area contributed by atoms with Gasteiger partial charge < -0.3 is 39.6 Å². The number of benzene rings is 5. The molecule has 9 rings (SSSR count). The normalized spacial score (nSPS) is 13.9. The Morgan fingerprint density at radius 2 is 0.835 bits per heavy atom. The predicted molar refractivity (Wildman–Crippen MR) is 430 cm³/mol. The van der Waals surface area contributed by atoms with Crippen LogP contribution < -0.4 is 24.8 Å². The van der Waals surface area contributed by atoms with Crippen LogP contribution >= 0.6 is 0 Å². The number of para-hydroxylation sites is 6. The van der Waals surface area contributed by atoms with Gasteiger partial charge in [0.05, 0.1) is 48.9 Å². The third-order valence-corrected chi connectivity index (χ3v) is 23.1. The van der Waals surface area contributed by atoms with Crippen molar-refractivity contribution in [3.05, 3.63) is 162 Å². The SMILES string of the molecule is CCCCCCCCCCCCCCCCOc1ccccc1NC(=O)C(C1=Nc2ccccc2S(=O)(=O)N1CCCOc1ccc(C)cc1C)n1nc(C(=O)O)cc1C.CCCCCCCCCCCCN1C(C(C(=O)Nc2ccccc2OCCCCCC)n2cnc(C(=O)O)c2)=Nc2ccccc2S1(=O)=O. The molecule has 590 valence electrons. The van der Waals surface area contributed by atoms with Gasteiger partial charge >= 0.3 is 11.9 Å². The number of imidazole rings is 1. The number of carboxylic acids is 2. The molecule has 0 aliphatic carbocycles. The maximum absolute atomic E-state index is 14.7. The zero-order valence-electron chi connectivity index (χ0n) is 64.7. The van der Waals surface area contributed by atoms with Crippen molar-refractivity contribution in [2.45, 2.75) is 250 Å². The van der Waals surface area contributed by atoms with Crippen LogP contribution in [0.15, 0.2) is 154 Å². The summed E-state index contributed by atoms with van der Waals surface area (Å²) in [4.78, 5) is 66.4. The van der Waals surface area contributed by atoms with Crippen LogP contribution in [-0.4, -0.2) is 123 Å². The van der Waals surface area contributed by atoms with Gasteiger partial charge in [-0.3, -0.25) is 18.2 Å². The van der Waals surface area contributed by atoms with E-state index in [4.69, 9.17) is 24.2 Å². The molecule has 2 atom stereocenters. The fourth-order valence-electron chi connectivity index (χ4n) is 13.5. The highest BCUT2D eigenvalue weighted by atomic mass is 32.2. The molecule has 5 aromatic carbocycles. The number of aromatic nitrogens is 4. The topological polar surface area (TPSA) is 296 Å². The van der Waals surface area contributed by atoms with Crippen molar-refractivity contribution < 1.29 is 60.4 Å². The van der Waals surface area contributed by atoms with Crippen molar-refractivity contribution >= 4 is 78.2 Å². The molecule has 23 nitrogen and oxygen atoms in total. The molecule has 2 aliphatic rings. The largest absolute Gasteiger partial charge is 0.493 e. The molecular weight excluding hydrogens is 1420 g/mol. The van der Waals surface area contributed by atoms with Crippen LogP contribution in [-0.2, 0) is 29.6 Å². The summed E-state index contributed by atoms with van der Waals surface area (Å²) in [5.41, 5.74) is 2.97. The first kappa shape index (κ1) is 85.3. The lowest BCUT2D eigenvalue weighted by molar-refractivity contribution is -0.118. The van der Waals surface area contributed by atoms with E-state index in [1.807, 2.05) is 44.2 Å². The number of aromatic carboxylic acids is 2. The molecule has 0 bridgehead atoms. The van der Waals surface area contributed by atoms with Gasteiger partial charge in [0, 0.05) is 31.4 Å². The molecule has 7 aromatic rings. The van der Waals surface area contributed by atoms with E-state index in [2.05, 4.69) is 41.5 Å². The number of fused-ring (bicyclic) bond motifs is 2. The van der Waals surface area contributed by atoms with E-state index in [0.29, 0.717) is 54.0 Å². The lowest BCUT2D eigenvalue weighted by Crippen LogP contribution is -2.48. The zero-order chi connectivity index (χ0) is 78.0. The Hall–Kier alpha value is -9.36. The van der Waals surface area contributed by atoms with Crippen molar-refractivity contribution in [3.8, 4) is 17.2 Å². The smallest absolute Gasteiger partial charge is 0.356 e. The number of aryl methyl sites for hydroxylation is 3. The number of amidine groups is 2. The first-order chi connectivity index (χ1) is 52.8. The maximum Gasteiger partial charge on any atom is 0.356 e. The van der Waals surface area contributed by atoms with Crippen molar-refractivity contribution in [3.63, 3.8) is 0 Å². The van der Waals surface area contributed by atoms with Crippen molar-refractivity contribution in [2.24, 2.45) is 9.98 Å². The number of aliphatic imine (C=N–C) groups is 2. The van der Waals surface area contributed by atoms with Crippen LogP contribution in [0.4, 0.5) is 22.7 Å². The van der Waals surface area contributed by atoms with Gasteiger partial charge in [-0.2, -0.15) is 5.10 Å². The first-order valence-electron chi connectivity index (χ1n) is 39.5. The number of nitrogens with zero attached hydrogens (tertiary/aromatic N) is 8. The number of rotatable bonds is 48. The minimum Gasteiger partial charge on any atom is -0.493 e. The Bertz CT molecular complexity index is 4360. The molecule has 2 unspecified atom stereocenters. The number of hydrogen-bond acceptors (Lipinski definition) is 15. The lowest BCUT2D eigenvalue weighted by Gasteiger charge is -2.33. The number of carbonyl (C=O) groups excluding carboxylic acids is 2. The Kier molecular flexibility index (Phi) is 34.7. The van der Waals surface area contributed by atoms with Gasteiger partial charge in [0.25, 0.3) is 31.9 Å². The predicted octanol–water partition coefficient (Wildman–Crippen LogP) is 19.1. The van der Waals surface area contributed by atoms with E-state index < -0.39 is 55.9 Å². The van der Waals surface area contributed by atoms with Gasteiger partial charge in [0.1, 0.15) is 27.0 Å². The summed E-state index contributed by atoms with van der Waals surface area (Å²) in [6.07, 6.45) is 35.2. The van der Waals surface area contributed by atoms with Crippen molar-refractivity contribution in [1.29, 1.82) is 0 Å². The second-order valence-corrected chi connectivity index (χ2v) is 31.9. The van der Waals surface area contributed by atoms with E-state index in [1.54, 1.807) is 79.7 Å². The quantitative estimate of drug-likeness (QED) is 0.0258. The number of hydrogen-bond donors (Lipinski definition) is 4. The van der Waals surface area contributed by atoms with Crippen LogP contribution in [0.5, 0.6) is 17.2 Å². The fourth-order valence-corrected chi connectivity index (χ4v) is 16.7. The number of ether oxygens (including phenoxy) is 3. The Labute approximate surface area is 645 Å². The molecule has 0 saturated heterocycles. The maximum atomic E-state index is 14.7. The van der Waals surface area contributed by atoms with Crippen LogP contribution in [0, 0.1) is 20.8 Å². The number of anilines is 2. The highest BCUT2D eigenvalue weighted by Gasteiger charge is 2.44. The van der Waals surface area contributed by atoms with Gasteiger partial charge in [0.15, 0.2) is 35.1 Å². The molecule has 25 heteroatoms. The highest BCUT2D eigenvalue weighted by molar-refractivity contribution is 7.90. The van der Waals surface area contributed by atoms with Crippen LogP contribution in [0.25, 0.3) is 0 Å². The summed E-state index contributed by atoms with van der Waals surface area (Å²) in [5, 5.41) is 29.6. The Balaban J connectivity index is 0.000000280. The Morgan fingerprint density at radius 3 is 1.29 bits per heavy atom. The molecule has 4 heterocycles. The molecule has 2 aromatic heterocycles. The summed E-state index contributed by atoms with van der Waals surface area (Å²) in [6.45, 7) is 13.3. The second-order valence-electron chi connectivity index (χ2n) is 28.2. The number of amides is 2. The number of sulfonamides is 2. The number of carboxylic acid groups (broad SMARTS) is 2. The molecule has 0 radical (unpaired) electrons. The van der Waals surface area contributed by atoms with Crippen molar-refractivity contribution in [2.75, 3.05) is 43.5 Å². The number of carbonyl (C=O) groups is 4. The summed E-state index contributed by atoms with van der Waals surface area (Å²) in [7, 11) is -8.32. The van der Waals surface area contributed by atoms with Gasteiger partial charge in [-0.05, 0) is 106 Å². The minimum atomic E-state index is -4.23. The molecule has 2 aliphatic heterocycles. The summed E-state index contributed by atoms with van der Waals surface area (Å²) < 4.78 is 80.2.